The number of halogens is 1. The molecule has 0 aliphatic heterocycles. The van der Waals surface area contributed by atoms with Crippen LogP contribution >= 0.6 is 0 Å². The first-order valence-corrected chi connectivity index (χ1v) is 8.50. The first-order chi connectivity index (χ1) is 11.4. The van der Waals surface area contributed by atoms with E-state index in [1.54, 1.807) is 0 Å². The molecule has 2 aromatic carbocycles. The number of amides is 1. The molecule has 122 valence electrons. The van der Waals surface area contributed by atoms with Crippen LogP contribution < -0.4 is 4.72 Å². The number of rotatable bonds is 5. The Balaban J connectivity index is 1.98. The van der Waals surface area contributed by atoms with E-state index in [0.717, 1.165) is 6.08 Å². The van der Waals surface area contributed by atoms with Gasteiger partial charge in [0.1, 0.15) is 5.82 Å². The lowest BCUT2D eigenvalue weighted by atomic mass is 10.2. The fourth-order valence-corrected chi connectivity index (χ4v) is 2.94. The second-order valence-electron chi connectivity index (χ2n) is 4.92. The summed E-state index contributed by atoms with van der Waals surface area (Å²) in [4.78, 5) is 11.7. The summed E-state index contributed by atoms with van der Waals surface area (Å²) in [5.41, 5.74) is 1.44. The maximum Gasteiger partial charge on any atom is 0.257 e. The molecule has 24 heavy (non-hydrogen) atoms. The van der Waals surface area contributed by atoms with E-state index in [-0.39, 0.29) is 5.75 Å². The second kappa shape index (κ2) is 7.53. The highest BCUT2D eigenvalue weighted by molar-refractivity contribution is 7.89. The van der Waals surface area contributed by atoms with Gasteiger partial charge in [0.05, 0.1) is 17.4 Å². The third-order valence-corrected chi connectivity index (χ3v) is 4.22. The fourth-order valence-electron chi connectivity index (χ4n) is 1.86. The predicted octanol–water partition coefficient (Wildman–Crippen LogP) is 2.36. The molecule has 5 nitrogen and oxygen atoms in total. The Morgan fingerprint density at radius 1 is 1.12 bits per heavy atom. The van der Waals surface area contributed by atoms with E-state index in [0.29, 0.717) is 16.7 Å². The number of hydrogen-bond donors (Lipinski definition) is 1. The van der Waals surface area contributed by atoms with Crippen LogP contribution in [0, 0.1) is 17.1 Å². The average molecular weight is 344 g/mol. The van der Waals surface area contributed by atoms with Crippen molar-refractivity contribution in [2.75, 3.05) is 0 Å². The molecule has 0 saturated heterocycles. The highest BCUT2D eigenvalue weighted by atomic mass is 32.2. The molecule has 0 bridgehead atoms. The van der Waals surface area contributed by atoms with Gasteiger partial charge in [0.15, 0.2) is 0 Å². The van der Waals surface area contributed by atoms with Crippen LogP contribution in [0.25, 0.3) is 6.08 Å². The van der Waals surface area contributed by atoms with Crippen molar-refractivity contribution in [3.05, 3.63) is 77.1 Å². The zero-order chi connectivity index (χ0) is 17.6. The van der Waals surface area contributed by atoms with Gasteiger partial charge in [0.25, 0.3) is 5.91 Å². The molecule has 0 aromatic heterocycles. The SMILES string of the molecule is N#Cc1ccc(CS(=O)(=O)NC(=O)/C=C/c2ccc(F)cc2)cc1. The molecule has 2 aromatic rings. The topological polar surface area (TPSA) is 87.0 Å². The number of hydrogen-bond acceptors (Lipinski definition) is 4. The number of nitrogens with zero attached hydrogens (tertiary/aromatic N) is 1. The largest absolute Gasteiger partial charge is 0.269 e. The van der Waals surface area contributed by atoms with E-state index in [2.05, 4.69) is 0 Å². The Morgan fingerprint density at radius 2 is 1.75 bits per heavy atom. The van der Waals surface area contributed by atoms with Crippen LogP contribution in [0.2, 0.25) is 0 Å². The van der Waals surface area contributed by atoms with E-state index < -0.39 is 21.7 Å². The Hall–Kier alpha value is -2.98. The maximum atomic E-state index is 12.8. The van der Waals surface area contributed by atoms with Crippen molar-refractivity contribution in [3.63, 3.8) is 0 Å². The zero-order valence-corrected chi connectivity index (χ0v) is 13.3. The van der Waals surface area contributed by atoms with Gasteiger partial charge in [0, 0.05) is 6.08 Å². The minimum absolute atomic E-state index is 0.380. The summed E-state index contributed by atoms with van der Waals surface area (Å²) >= 11 is 0. The monoisotopic (exact) mass is 344 g/mol. The molecule has 0 heterocycles. The molecule has 0 unspecified atom stereocenters. The van der Waals surface area contributed by atoms with Gasteiger partial charge < -0.3 is 0 Å². The van der Waals surface area contributed by atoms with Crippen LogP contribution in [0.5, 0.6) is 0 Å². The molecule has 0 fully saturated rings. The van der Waals surface area contributed by atoms with Gasteiger partial charge in [-0.1, -0.05) is 24.3 Å². The van der Waals surface area contributed by atoms with E-state index in [1.165, 1.54) is 54.6 Å². The smallest absolute Gasteiger partial charge is 0.257 e. The van der Waals surface area contributed by atoms with Gasteiger partial charge in [-0.3, -0.25) is 4.79 Å². The van der Waals surface area contributed by atoms with Crippen LogP contribution in [0.15, 0.2) is 54.6 Å². The minimum Gasteiger partial charge on any atom is -0.269 e. The van der Waals surface area contributed by atoms with Crippen LogP contribution in [-0.4, -0.2) is 14.3 Å². The first kappa shape index (κ1) is 17.4. The minimum atomic E-state index is -3.86. The lowest BCUT2D eigenvalue weighted by Crippen LogP contribution is -2.30. The van der Waals surface area contributed by atoms with Crippen molar-refractivity contribution in [1.29, 1.82) is 5.26 Å². The molecular weight excluding hydrogens is 331 g/mol. The molecule has 0 atom stereocenters. The predicted molar refractivity (Wildman–Crippen MR) is 87.4 cm³/mol. The molecule has 0 aliphatic carbocycles. The summed E-state index contributed by atoms with van der Waals surface area (Å²) in [5.74, 6) is -1.58. The van der Waals surface area contributed by atoms with Crippen molar-refractivity contribution < 1.29 is 17.6 Å². The highest BCUT2D eigenvalue weighted by Crippen LogP contribution is 2.08. The lowest BCUT2D eigenvalue weighted by molar-refractivity contribution is -0.114. The maximum absolute atomic E-state index is 12.8. The van der Waals surface area contributed by atoms with Gasteiger partial charge in [0.2, 0.25) is 10.0 Å². The average Bonchev–Trinajstić information content (AvgIpc) is 2.54. The van der Waals surface area contributed by atoms with E-state index >= 15 is 0 Å². The normalized spacial score (nSPS) is 11.2. The van der Waals surface area contributed by atoms with Gasteiger partial charge in [-0.15, -0.1) is 0 Å². The molecule has 2 rings (SSSR count). The summed E-state index contributed by atoms with van der Waals surface area (Å²) in [6, 6.07) is 13.4. The highest BCUT2D eigenvalue weighted by Gasteiger charge is 2.13. The van der Waals surface area contributed by atoms with Crippen molar-refractivity contribution in [1.82, 2.24) is 4.72 Å². The summed E-state index contributed by atoms with van der Waals surface area (Å²) in [7, 11) is -3.86. The molecule has 1 N–H and O–H groups in total. The third-order valence-electron chi connectivity index (χ3n) is 2.99. The number of carbonyl (C=O) groups excluding carboxylic acids is 1. The van der Waals surface area contributed by atoms with E-state index in [4.69, 9.17) is 5.26 Å². The summed E-state index contributed by atoms with van der Waals surface area (Å²) in [6.45, 7) is 0. The van der Waals surface area contributed by atoms with Crippen molar-refractivity contribution in [2.45, 2.75) is 5.75 Å². The lowest BCUT2D eigenvalue weighted by Gasteiger charge is -2.05. The standard InChI is InChI=1S/C17H13FN2O3S/c18-16-8-5-13(6-9-16)7-10-17(21)20-24(22,23)12-15-3-1-14(11-19)2-4-15/h1-10H,12H2,(H,20,21)/b10-7+. The fraction of sp³-hybridized carbons (Fsp3) is 0.0588. The molecular formula is C17H13FN2O3S. The Kier molecular flexibility index (Phi) is 5.45. The van der Waals surface area contributed by atoms with Crippen LogP contribution in [0.3, 0.4) is 0 Å². The van der Waals surface area contributed by atoms with Gasteiger partial charge in [-0.2, -0.15) is 5.26 Å². The van der Waals surface area contributed by atoms with Gasteiger partial charge in [-0.25, -0.2) is 17.5 Å². The van der Waals surface area contributed by atoms with Crippen LogP contribution in [0.1, 0.15) is 16.7 Å². The van der Waals surface area contributed by atoms with Crippen molar-refractivity contribution >= 4 is 22.0 Å². The van der Waals surface area contributed by atoms with Crippen LogP contribution in [-0.2, 0) is 20.6 Å². The summed E-state index contributed by atoms with van der Waals surface area (Å²) in [6.07, 6.45) is 2.44. The quantitative estimate of drug-likeness (QED) is 0.844. The molecule has 0 radical (unpaired) electrons. The summed E-state index contributed by atoms with van der Waals surface area (Å²) in [5, 5.41) is 8.69. The third kappa shape index (κ3) is 5.34. The number of benzene rings is 2. The number of sulfonamides is 1. The number of nitriles is 1. The number of nitrogens with one attached hydrogen (secondary N) is 1. The zero-order valence-electron chi connectivity index (χ0n) is 12.4. The molecule has 0 spiro atoms. The van der Waals surface area contributed by atoms with Gasteiger partial charge in [-0.05, 0) is 41.5 Å². The number of carbonyl (C=O) groups is 1. The van der Waals surface area contributed by atoms with Gasteiger partial charge >= 0.3 is 0 Å². The first-order valence-electron chi connectivity index (χ1n) is 6.85. The van der Waals surface area contributed by atoms with E-state index in [9.17, 15) is 17.6 Å². The molecule has 0 aliphatic rings. The van der Waals surface area contributed by atoms with E-state index in [1.807, 2.05) is 10.8 Å². The van der Waals surface area contributed by atoms with Crippen molar-refractivity contribution in [2.24, 2.45) is 0 Å². The van der Waals surface area contributed by atoms with Crippen LogP contribution in [0.4, 0.5) is 4.39 Å². The molecule has 1 amide bonds. The Bertz CT molecular complexity index is 896. The van der Waals surface area contributed by atoms with Crippen molar-refractivity contribution in [3.8, 4) is 6.07 Å². The molecule has 0 saturated carbocycles. The second-order valence-corrected chi connectivity index (χ2v) is 6.64. The Labute approximate surface area is 139 Å². The molecule has 7 heteroatoms. The Morgan fingerprint density at radius 3 is 2.33 bits per heavy atom. The summed E-state index contributed by atoms with van der Waals surface area (Å²) < 4.78 is 38.6.